The lowest BCUT2D eigenvalue weighted by Crippen LogP contribution is -2.22. The molecule has 0 spiro atoms. The smallest absolute Gasteiger partial charge is 0.155 e. The van der Waals surface area contributed by atoms with Crippen molar-refractivity contribution >= 4 is 27.3 Å². The van der Waals surface area contributed by atoms with Crippen molar-refractivity contribution in [2.24, 2.45) is 5.92 Å². The number of rotatable bonds is 9. The number of fused-ring (bicyclic) bond motifs is 2. The molecule has 30 heavy (non-hydrogen) atoms. The van der Waals surface area contributed by atoms with Gasteiger partial charge in [0.15, 0.2) is 5.78 Å². The maximum atomic E-state index is 12.0. The Bertz CT molecular complexity index is 1100. The first-order valence-electron chi connectivity index (χ1n) is 10.1. The maximum Gasteiger partial charge on any atom is 0.155 e. The Hall–Kier alpha value is -3.59. The summed E-state index contributed by atoms with van der Waals surface area (Å²) in [6, 6.07) is 28.4. The average Bonchev–Trinajstić information content (AvgIpc) is 2.80. The summed E-state index contributed by atoms with van der Waals surface area (Å²) in [4.78, 5) is 12.0. The number of benzene rings is 4. The van der Waals surface area contributed by atoms with E-state index in [4.69, 9.17) is 9.47 Å². The molecule has 0 fully saturated rings. The molecule has 0 aliphatic rings. The molecule has 0 saturated heterocycles. The van der Waals surface area contributed by atoms with Crippen molar-refractivity contribution in [1.82, 2.24) is 0 Å². The van der Waals surface area contributed by atoms with Crippen LogP contribution in [-0.2, 0) is 4.79 Å². The zero-order valence-corrected chi connectivity index (χ0v) is 16.8. The Morgan fingerprint density at radius 3 is 1.67 bits per heavy atom. The lowest BCUT2D eigenvalue weighted by molar-refractivity contribution is -0.116. The van der Waals surface area contributed by atoms with Crippen LogP contribution in [-0.4, -0.2) is 19.0 Å². The fraction of sp³-hybridized carbons (Fsp3) is 0.148. The van der Waals surface area contributed by atoms with Gasteiger partial charge in [0.05, 0.1) is 13.2 Å². The van der Waals surface area contributed by atoms with Gasteiger partial charge in [-0.15, -0.1) is 0 Å². The predicted octanol–water partition coefficient (Wildman–Crippen LogP) is 6.21. The molecule has 0 heterocycles. The quantitative estimate of drug-likeness (QED) is 0.315. The lowest BCUT2D eigenvalue weighted by Gasteiger charge is -2.18. The summed E-state index contributed by atoms with van der Waals surface area (Å²) in [5, 5.41) is 4.59. The van der Waals surface area contributed by atoms with E-state index in [1.54, 1.807) is 0 Å². The molecule has 0 bridgehead atoms. The summed E-state index contributed by atoms with van der Waals surface area (Å²) in [5.41, 5.74) is 0. The van der Waals surface area contributed by atoms with Crippen LogP contribution in [0.3, 0.4) is 0 Å². The first-order valence-corrected chi connectivity index (χ1v) is 10.1. The van der Waals surface area contributed by atoms with Gasteiger partial charge in [-0.05, 0) is 51.9 Å². The highest BCUT2D eigenvalue weighted by Crippen LogP contribution is 2.23. The number of carbonyl (C=O) groups is 1. The van der Waals surface area contributed by atoms with Gasteiger partial charge < -0.3 is 9.47 Å². The summed E-state index contributed by atoms with van der Waals surface area (Å²) < 4.78 is 12.0. The number of allylic oxidation sites excluding steroid dienone is 1. The molecule has 0 radical (unpaired) electrons. The Morgan fingerprint density at radius 2 is 1.20 bits per heavy atom. The fourth-order valence-corrected chi connectivity index (χ4v) is 3.48. The van der Waals surface area contributed by atoms with Crippen molar-refractivity contribution in [2.45, 2.75) is 6.42 Å². The van der Waals surface area contributed by atoms with Crippen LogP contribution in [0.2, 0.25) is 0 Å². The minimum atomic E-state index is -0.0755. The van der Waals surface area contributed by atoms with E-state index in [9.17, 15) is 4.79 Å². The fourth-order valence-electron chi connectivity index (χ4n) is 3.48. The molecule has 0 aliphatic heterocycles. The van der Waals surface area contributed by atoms with E-state index >= 15 is 0 Å². The normalized spacial score (nSPS) is 11.0. The first kappa shape index (κ1) is 19.7. The average molecular weight is 396 g/mol. The van der Waals surface area contributed by atoms with Crippen LogP contribution in [0.15, 0.2) is 97.6 Å². The molecule has 3 nitrogen and oxygen atoms in total. The molecule has 0 unspecified atom stereocenters. The van der Waals surface area contributed by atoms with Crippen LogP contribution in [0.25, 0.3) is 21.5 Å². The zero-order valence-electron chi connectivity index (χ0n) is 16.8. The number of ether oxygens (including phenoxy) is 2. The third-order valence-corrected chi connectivity index (χ3v) is 5.13. The third kappa shape index (κ3) is 4.87. The molecule has 4 aromatic rings. The van der Waals surface area contributed by atoms with Crippen molar-refractivity contribution in [3.8, 4) is 11.5 Å². The van der Waals surface area contributed by atoms with Crippen LogP contribution in [0.5, 0.6) is 11.5 Å². The molecule has 3 heteroatoms. The lowest BCUT2D eigenvalue weighted by atomic mass is 10.0. The molecule has 0 N–H and O–H groups in total. The van der Waals surface area contributed by atoms with Gasteiger partial charge in [-0.2, -0.15) is 0 Å². The second kappa shape index (κ2) is 9.27. The van der Waals surface area contributed by atoms with Gasteiger partial charge in [0, 0.05) is 12.3 Å². The van der Waals surface area contributed by atoms with Gasteiger partial charge in [0.25, 0.3) is 0 Å². The SMILES string of the molecule is C=CC(=O)CC(COc1ccc2ccccc2c1)COc1ccc2ccccc2c1. The minimum absolute atomic E-state index is 0.00998. The Labute approximate surface area is 176 Å². The summed E-state index contributed by atoms with van der Waals surface area (Å²) in [6.45, 7) is 4.38. The molecular weight excluding hydrogens is 372 g/mol. The van der Waals surface area contributed by atoms with Crippen molar-refractivity contribution in [3.63, 3.8) is 0 Å². The highest BCUT2D eigenvalue weighted by atomic mass is 16.5. The number of hydrogen-bond acceptors (Lipinski definition) is 3. The van der Waals surface area contributed by atoms with E-state index in [1.807, 2.05) is 60.7 Å². The van der Waals surface area contributed by atoms with Crippen molar-refractivity contribution in [3.05, 3.63) is 97.6 Å². The van der Waals surface area contributed by atoms with Gasteiger partial charge in [-0.25, -0.2) is 0 Å². The molecule has 0 aromatic heterocycles. The first-order chi connectivity index (χ1) is 14.7. The second-order valence-electron chi connectivity index (χ2n) is 7.38. The highest BCUT2D eigenvalue weighted by Gasteiger charge is 2.15. The number of ketones is 1. The molecule has 0 atom stereocenters. The van der Waals surface area contributed by atoms with E-state index in [2.05, 4.69) is 30.8 Å². The Balaban J connectivity index is 1.43. The van der Waals surface area contributed by atoms with Crippen molar-refractivity contribution in [2.75, 3.05) is 13.2 Å². The van der Waals surface area contributed by atoms with Crippen molar-refractivity contribution in [1.29, 1.82) is 0 Å². The molecule has 4 aromatic carbocycles. The summed E-state index contributed by atoms with van der Waals surface area (Å²) >= 11 is 0. The van der Waals surface area contributed by atoms with Gasteiger partial charge in [0.2, 0.25) is 0 Å². The van der Waals surface area contributed by atoms with E-state index in [1.165, 1.54) is 16.8 Å². The molecule has 0 amide bonds. The van der Waals surface area contributed by atoms with Crippen LogP contribution >= 0.6 is 0 Å². The largest absolute Gasteiger partial charge is 0.493 e. The van der Waals surface area contributed by atoms with Gasteiger partial charge >= 0.3 is 0 Å². The molecule has 0 saturated carbocycles. The number of carbonyl (C=O) groups excluding carboxylic acids is 1. The predicted molar refractivity (Wildman–Crippen MR) is 122 cm³/mol. The van der Waals surface area contributed by atoms with Crippen LogP contribution < -0.4 is 9.47 Å². The van der Waals surface area contributed by atoms with E-state index < -0.39 is 0 Å². The second-order valence-corrected chi connectivity index (χ2v) is 7.38. The van der Waals surface area contributed by atoms with E-state index in [0.717, 1.165) is 22.3 Å². The monoisotopic (exact) mass is 396 g/mol. The van der Waals surface area contributed by atoms with Gasteiger partial charge in [-0.1, -0.05) is 67.2 Å². The zero-order chi connectivity index (χ0) is 20.8. The van der Waals surface area contributed by atoms with E-state index in [0.29, 0.717) is 19.6 Å². The molecule has 150 valence electrons. The third-order valence-electron chi connectivity index (χ3n) is 5.13. The standard InChI is InChI=1S/C27H24O3/c1-2-25(28)15-20(18-29-26-13-11-21-7-3-5-9-23(21)16-26)19-30-27-14-12-22-8-4-6-10-24(22)17-27/h2-14,16-17,20H,1,15,18-19H2. The van der Waals surface area contributed by atoms with Crippen molar-refractivity contribution < 1.29 is 14.3 Å². The Morgan fingerprint density at radius 1 is 0.733 bits per heavy atom. The van der Waals surface area contributed by atoms with E-state index in [-0.39, 0.29) is 11.7 Å². The summed E-state index contributed by atoms with van der Waals surface area (Å²) in [6.07, 6.45) is 1.70. The minimum Gasteiger partial charge on any atom is -0.493 e. The highest BCUT2D eigenvalue weighted by molar-refractivity contribution is 5.89. The van der Waals surface area contributed by atoms with Crippen LogP contribution in [0.4, 0.5) is 0 Å². The van der Waals surface area contributed by atoms with Crippen LogP contribution in [0.1, 0.15) is 6.42 Å². The van der Waals surface area contributed by atoms with Gasteiger partial charge in [-0.3, -0.25) is 4.79 Å². The topological polar surface area (TPSA) is 35.5 Å². The molecule has 0 aliphatic carbocycles. The summed E-state index contributed by atoms with van der Waals surface area (Å²) in [5.74, 6) is 1.49. The molecule has 4 rings (SSSR count). The van der Waals surface area contributed by atoms with Crippen LogP contribution in [0, 0.1) is 5.92 Å². The Kier molecular flexibility index (Phi) is 6.09. The molecular formula is C27H24O3. The number of hydrogen-bond donors (Lipinski definition) is 0. The maximum absolute atomic E-state index is 12.0. The van der Waals surface area contributed by atoms with Gasteiger partial charge in [0.1, 0.15) is 11.5 Å². The summed E-state index contributed by atoms with van der Waals surface area (Å²) in [7, 11) is 0.